The summed E-state index contributed by atoms with van der Waals surface area (Å²) >= 11 is 6.71. The third kappa shape index (κ3) is 9.22. The molecule has 0 saturated heterocycles. The molecule has 1 aromatic heterocycles. The monoisotopic (exact) mass is 584 g/mol. The minimum Gasteiger partial charge on any atom is -0.484 e. The number of ether oxygens (including phenoxy) is 3. The molecular formula is C24H26F6N2O4S2. The summed E-state index contributed by atoms with van der Waals surface area (Å²) in [5, 5.41) is 6.07. The second kappa shape index (κ2) is 12.9. The van der Waals surface area contributed by atoms with Crippen molar-refractivity contribution in [1.29, 1.82) is 0 Å². The van der Waals surface area contributed by atoms with Crippen LogP contribution in [0, 0.1) is 0 Å². The molecule has 0 aliphatic heterocycles. The van der Waals surface area contributed by atoms with Crippen molar-refractivity contribution >= 4 is 45.3 Å². The molecule has 38 heavy (non-hydrogen) atoms. The maximum Gasteiger partial charge on any atom is 0.422 e. The zero-order valence-electron chi connectivity index (χ0n) is 20.3. The molecule has 0 fully saturated rings. The Labute approximate surface area is 224 Å². The molecule has 3 rings (SSSR count). The van der Waals surface area contributed by atoms with Gasteiger partial charge in [0.05, 0.1) is 12.2 Å². The van der Waals surface area contributed by atoms with Crippen LogP contribution in [0.4, 0.5) is 37.0 Å². The van der Waals surface area contributed by atoms with Crippen LogP contribution in [0.5, 0.6) is 11.5 Å². The predicted molar refractivity (Wildman–Crippen MR) is 136 cm³/mol. The van der Waals surface area contributed by atoms with Gasteiger partial charge in [0, 0.05) is 28.8 Å². The molecule has 6 nitrogen and oxygen atoms in total. The van der Waals surface area contributed by atoms with Gasteiger partial charge in [-0.25, -0.2) is 4.79 Å². The Morgan fingerprint density at radius 3 is 2.05 bits per heavy atom. The third-order valence-electron chi connectivity index (χ3n) is 5.32. The number of carbonyl (C=O) groups excluding carboxylic acids is 1. The molecule has 1 aliphatic rings. The van der Waals surface area contributed by atoms with Crippen molar-refractivity contribution in [2.45, 2.75) is 57.8 Å². The zero-order chi connectivity index (χ0) is 27.9. The van der Waals surface area contributed by atoms with E-state index in [-0.39, 0.29) is 28.9 Å². The Hall–Kier alpha value is -2.74. The lowest BCUT2D eigenvalue weighted by Gasteiger charge is -2.16. The second-order valence-corrected chi connectivity index (χ2v) is 9.94. The molecule has 0 spiro atoms. The summed E-state index contributed by atoms with van der Waals surface area (Å²) in [4.78, 5) is 13.8. The van der Waals surface area contributed by atoms with Crippen LogP contribution in [-0.2, 0) is 17.6 Å². The highest BCUT2D eigenvalue weighted by atomic mass is 32.1. The van der Waals surface area contributed by atoms with Crippen LogP contribution < -0.4 is 20.1 Å². The lowest BCUT2D eigenvalue weighted by Crippen LogP contribution is -2.22. The molecule has 0 bridgehead atoms. The highest BCUT2D eigenvalue weighted by Gasteiger charge is 2.30. The number of aryl methyl sites for hydroxylation is 1. The molecule has 210 valence electrons. The number of thiophene rings is 1. The minimum atomic E-state index is -4.66. The molecule has 0 atom stereocenters. The van der Waals surface area contributed by atoms with E-state index in [4.69, 9.17) is 26.4 Å². The Bertz CT molecular complexity index is 1100. The molecule has 0 saturated carbocycles. The molecule has 1 heterocycles. The number of hydrogen-bond acceptors (Lipinski definition) is 6. The molecule has 1 aliphatic carbocycles. The molecule has 0 unspecified atom stereocenters. The highest BCUT2D eigenvalue weighted by Crippen LogP contribution is 2.38. The fraction of sp³-hybridized carbons (Fsp3) is 0.500. The van der Waals surface area contributed by atoms with Crippen LogP contribution >= 0.6 is 23.6 Å². The van der Waals surface area contributed by atoms with Crippen molar-refractivity contribution < 1.29 is 45.3 Å². The van der Waals surface area contributed by atoms with Gasteiger partial charge in [-0.05, 0) is 50.4 Å². The smallest absolute Gasteiger partial charge is 0.422 e. The zero-order valence-corrected chi connectivity index (χ0v) is 21.9. The van der Waals surface area contributed by atoms with Gasteiger partial charge >= 0.3 is 18.3 Å². The van der Waals surface area contributed by atoms with Crippen molar-refractivity contribution in [3.8, 4) is 11.5 Å². The number of thiocarbonyl (C=S) groups is 1. The molecule has 0 amide bonds. The average Bonchev–Trinajstić information content (AvgIpc) is 3.11. The molecule has 1 aromatic carbocycles. The minimum absolute atomic E-state index is 0.0203. The van der Waals surface area contributed by atoms with Crippen LogP contribution in [0.1, 0.15) is 53.4 Å². The average molecular weight is 585 g/mol. The summed E-state index contributed by atoms with van der Waals surface area (Å²) in [6.07, 6.45) is -3.79. The quantitative estimate of drug-likeness (QED) is 0.192. The first-order chi connectivity index (χ1) is 17.8. The fourth-order valence-electron chi connectivity index (χ4n) is 3.83. The van der Waals surface area contributed by atoms with E-state index in [2.05, 4.69) is 10.6 Å². The lowest BCUT2D eigenvalue weighted by atomic mass is 9.96. The third-order valence-corrected chi connectivity index (χ3v) is 6.73. The van der Waals surface area contributed by atoms with Gasteiger partial charge < -0.3 is 24.8 Å². The van der Waals surface area contributed by atoms with E-state index in [1.54, 1.807) is 6.92 Å². The first kappa shape index (κ1) is 29.8. The van der Waals surface area contributed by atoms with Gasteiger partial charge in [-0.15, -0.1) is 11.3 Å². The van der Waals surface area contributed by atoms with Gasteiger partial charge in [-0.2, -0.15) is 26.3 Å². The van der Waals surface area contributed by atoms with E-state index in [0.29, 0.717) is 17.0 Å². The largest absolute Gasteiger partial charge is 0.484 e. The van der Waals surface area contributed by atoms with Crippen molar-refractivity contribution in [2.75, 3.05) is 30.5 Å². The number of nitrogens with one attached hydrogen (secondary N) is 2. The summed E-state index contributed by atoms with van der Waals surface area (Å²) in [5.74, 6) is -1.25. The van der Waals surface area contributed by atoms with Crippen LogP contribution in [-0.4, -0.2) is 43.3 Å². The Morgan fingerprint density at radius 2 is 1.50 bits per heavy atom. The van der Waals surface area contributed by atoms with E-state index >= 15 is 0 Å². The number of alkyl halides is 6. The van der Waals surface area contributed by atoms with Crippen molar-refractivity contribution in [3.05, 3.63) is 34.2 Å². The Morgan fingerprint density at radius 1 is 0.921 bits per heavy atom. The number of rotatable bonds is 8. The van der Waals surface area contributed by atoms with Crippen molar-refractivity contribution in [2.24, 2.45) is 0 Å². The first-order valence-electron chi connectivity index (χ1n) is 11.8. The van der Waals surface area contributed by atoms with E-state index in [0.717, 1.165) is 60.7 Å². The van der Waals surface area contributed by atoms with Crippen LogP contribution in [0.3, 0.4) is 0 Å². The predicted octanol–water partition coefficient (Wildman–Crippen LogP) is 7.27. The maximum absolute atomic E-state index is 12.8. The van der Waals surface area contributed by atoms with Gasteiger partial charge in [0.1, 0.15) is 16.5 Å². The summed E-state index contributed by atoms with van der Waals surface area (Å²) in [7, 11) is 0. The topological polar surface area (TPSA) is 68.8 Å². The van der Waals surface area contributed by atoms with Crippen molar-refractivity contribution in [3.63, 3.8) is 0 Å². The Kier molecular flexibility index (Phi) is 10.1. The number of esters is 1. The Balaban J connectivity index is 1.84. The van der Waals surface area contributed by atoms with Gasteiger partial charge in [0.25, 0.3) is 0 Å². The molecule has 14 heteroatoms. The summed E-state index contributed by atoms with van der Waals surface area (Å²) < 4.78 is 90.3. The summed E-state index contributed by atoms with van der Waals surface area (Å²) in [5.41, 5.74) is 1.31. The van der Waals surface area contributed by atoms with Crippen molar-refractivity contribution in [1.82, 2.24) is 0 Å². The number of hydrogen-bond donors (Lipinski definition) is 2. The second-order valence-electron chi connectivity index (χ2n) is 8.42. The number of carbonyl (C=O) groups is 1. The van der Waals surface area contributed by atoms with E-state index < -0.39 is 31.5 Å². The van der Waals surface area contributed by atoms with Crippen LogP contribution in [0.15, 0.2) is 18.2 Å². The van der Waals surface area contributed by atoms with Gasteiger partial charge in [0.15, 0.2) is 18.3 Å². The van der Waals surface area contributed by atoms with E-state index in [1.165, 1.54) is 11.3 Å². The summed E-state index contributed by atoms with van der Waals surface area (Å²) in [6, 6.07) is 3.19. The first-order valence-corrected chi connectivity index (χ1v) is 13.0. The normalized spacial score (nSPS) is 14.1. The molecule has 0 radical (unpaired) electrons. The van der Waals surface area contributed by atoms with Gasteiger partial charge in [-0.3, -0.25) is 0 Å². The standard InChI is InChI=1S/C24H26F6N2O4S2/c1-2-34-21(33)19-17-7-5-3-4-6-8-18(17)38-20(19)32-22(37)31-14-9-15(35-12-23(25,26)27)11-16(10-14)36-13-24(28,29)30/h9-11H,2-8,12-13H2,1H3,(H2,31,32,37). The van der Waals surface area contributed by atoms with Gasteiger partial charge in [0.2, 0.25) is 0 Å². The number of benzene rings is 1. The molecule has 2 N–H and O–H groups in total. The SMILES string of the molecule is CCOC(=O)c1c(NC(=S)Nc2cc(OCC(F)(F)F)cc(OCC(F)(F)F)c2)sc2c1CCCCCC2. The fourth-order valence-corrected chi connectivity index (χ4v) is 5.40. The summed E-state index contributed by atoms with van der Waals surface area (Å²) in [6.45, 7) is -1.43. The lowest BCUT2D eigenvalue weighted by molar-refractivity contribution is -0.153. The maximum atomic E-state index is 12.8. The molecular weight excluding hydrogens is 558 g/mol. The number of anilines is 2. The number of fused-ring (bicyclic) bond motifs is 1. The van der Waals surface area contributed by atoms with Crippen LogP contribution in [0.25, 0.3) is 0 Å². The number of halogens is 6. The van der Waals surface area contributed by atoms with E-state index in [9.17, 15) is 31.1 Å². The van der Waals surface area contributed by atoms with E-state index in [1.807, 2.05) is 0 Å². The highest BCUT2D eigenvalue weighted by molar-refractivity contribution is 7.80. The van der Waals surface area contributed by atoms with Crippen LogP contribution in [0.2, 0.25) is 0 Å². The molecule has 2 aromatic rings. The van der Waals surface area contributed by atoms with Gasteiger partial charge in [-0.1, -0.05) is 12.8 Å².